The monoisotopic (exact) mass is 590 g/mol. The third-order valence-corrected chi connectivity index (χ3v) is 8.94. The third kappa shape index (κ3) is 21.6. The standard InChI is InChI=1S/C32H62O7S/c1-5-9-11-13-15-17-21-28(19-7-3)23-25-38-31(33)27-30(40(35,36)37)32(34)39-26-24-29(20-8-4)22-18-16-14-12-10-6-2/h28-30H,5-27H2,1-4H3,(H,35,36,37). The van der Waals surface area contributed by atoms with Crippen LogP contribution in [0.4, 0.5) is 0 Å². The molecule has 0 aliphatic carbocycles. The van der Waals surface area contributed by atoms with E-state index in [0.29, 0.717) is 24.7 Å². The van der Waals surface area contributed by atoms with E-state index in [9.17, 15) is 22.6 Å². The molecule has 0 aliphatic rings. The topological polar surface area (TPSA) is 107 Å². The van der Waals surface area contributed by atoms with Gasteiger partial charge in [-0.25, -0.2) is 0 Å². The molecule has 0 fully saturated rings. The summed E-state index contributed by atoms with van der Waals surface area (Å²) in [4.78, 5) is 24.9. The Hall–Kier alpha value is -1.15. The van der Waals surface area contributed by atoms with Gasteiger partial charge < -0.3 is 9.47 Å². The molecule has 40 heavy (non-hydrogen) atoms. The quantitative estimate of drug-likeness (QED) is 0.0551. The van der Waals surface area contributed by atoms with Crippen molar-refractivity contribution in [2.45, 2.75) is 168 Å². The number of hydrogen-bond acceptors (Lipinski definition) is 6. The number of ether oxygens (including phenoxy) is 2. The zero-order valence-corrected chi connectivity index (χ0v) is 27.1. The summed E-state index contributed by atoms with van der Waals surface area (Å²) in [6.45, 7) is 8.94. The van der Waals surface area contributed by atoms with Gasteiger partial charge in [0.15, 0.2) is 5.25 Å². The third-order valence-electron chi connectivity index (χ3n) is 7.86. The van der Waals surface area contributed by atoms with Gasteiger partial charge in [0.2, 0.25) is 0 Å². The van der Waals surface area contributed by atoms with Crippen LogP contribution in [0.2, 0.25) is 0 Å². The maximum absolute atomic E-state index is 12.5. The van der Waals surface area contributed by atoms with Crippen LogP contribution in [0.15, 0.2) is 0 Å². The minimum absolute atomic E-state index is 0.0809. The van der Waals surface area contributed by atoms with Crippen LogP contribution in [-0.4, -0.2) is 43.4 Å². The van der Waals surface area contributed by atoms with Gasteiger partial charge in [-0.05, 0) is 24.7 Å². The van der Waals surface area contributed by atoms with E-state index in [1.54, 1.807) is 0 Å². The molecule has 1 N–H and O–H groups in total. The van der Waals surface area contributed by atoms with Crippen LogP contribution in [0.5, 0.6) is 0 Å². The summed E-state index contributed by atoms with van der Waals surface area (Å²) in [6, 6.07) is 0. The zero-order chi connectivity index (χ0) is 30.1. The molecule has 0 rings (SSSR count). The van der Waals surface area contributed by atoms with Gasteiger partial charge >= 0.3 is 11.9 Å². The van der Waals surface area contributed by atoms with E-state index >= 15 is 0 Å². The van der Waals surface area contributed by atoms with Gasteiger partial charge in [-0.15, -0.1) is 0 Å². The van der Waals surface area contributed by atoms with E-state index in [4.69, 9.17) is 9.47 Å². The second-order valence-corrected chi connectivity index (χ2v) is 13.2. The fourth-order valence-corrected chi connectivity index (χ4v) is 6.05. The van der Waals surface area contributed by atoms with Crippen molar-refractivity contribution >= 4 is 22.1 Å². The minimum atomic E-state index is -4.79. The summed E-state index contributed by atoms with van der Waals surface area (Å²) >= 11 is 0. The normalized spacial score (nSPS) is 14.0. The Kier molecular flexibility index (Phi) is 24.8. The highest BCUT2D eigenvalue weighted by molar-refractivity contribution is 7.87. The van der Waals surface area contributed by atoms with E-state index in [1.807, 2.05) is 0 Å². The highest BCUT2D eigenvalue weighted by Crippen LogP contribution is 2.22. The van der Waals surface area contributed by atoms with Crippen molar-refractivity contribution in [1.29, 1.82) is 0 Å². The van der Waals surface area contributed by atoms with Crippen molar-refractivity contribution in [2.24, 2.45) is 11.8 Å². The Morgan fingerprint density at radius 2 is 1.00 bits per heavy atom. The molecule has 3 atom stereocenters. The number of hydrogen-bond donors (Lipinski definition) is 1. The van der Waals surface area contributed by atoms with E-state index in [1.165, 1.54) is 64.2 Å². The lowest BCUT2D eigenvalue weighted by atomic mass is 9.93. The van der Waals surface area contributed by atoms with Crippen LogP contribution in [0.25, 0.3) is 0 Å². The number of carbonyl (C=O) groups is 2. The first-order valence-electron chi connectivity index (χ1n) is 16.5. The lowest BCUT2D eigenvalue weighted by Crippen LogP contribution is -2.35. The van der Waals surface area contributed by atoms with Crippen LogP contribution in [0, 0.1) is 11.8 Å². The molecule has 0 aliphatic heterocycles. The van der Waals surface area contributed by atoms with Crippen LogP contribution in [0.3, 0.4) is 0 Å². The van der Waals surface area contributed by atoms with E-state index < -0.39 is 33.7 Å². The molecule has 0 aromatic carbocycles. The van der Waals surface area contributed by atoms with Crippen molar-refractivity contribution in [1.82, 2.24) is 0 Å². The largest absolute Gasteiger partial charge is 0.466 e. The molecule has 0 aromatic heterocycles. The van der Waals surface area contributed by atoms with Crippen molar-refractivity contribution in [2.75, 3.05) is 13.2 Å². The first-order chi connectivity index (χ1) is 19.2. The highest BCUT2D eigenvalue weighted by Gasteiger charge is 2.35. The Balaban J connectivity index is 4.56. The number of carbonyl (C=O) groups excluding carboxylic acids is 2. The Morgan fingerprint density at radius 1 is 0.575 bits per heavy atom. The molecule has 0 heterocycles. The lowest BCUT2D eigenvalue weighted by Gasteiger charge is -2.18. The summed E-state index contributed by atoms with van der Waals surface area (Å²) in [5.74, 6) is -1.02. The predicted octanol–water partition coefficient (Wildman–Crippen LogP) is 8.83. The van der Waals surface area contributed by atoms with Gasteiger partial charge in [0.25, 0.3) is 10.1 Å². The van der Waals surface area contributed by atoms with E-state index in [2.05, 4.69) is 27.7 Å². The molecule has 238 valence electrons. The van der Waals surface area contributed by atoms with Crippen molar-refractivity contribution in [3.05, 3.63) is 0 Å². The summed E-state index contributed by atoms with van der Waals surface area (Å²) in [6.07, 6.45) is 21.7. The smallest absolute Gasteiger partial charge is 0.327 e. The van der Waals surface area contributed by atoms with Crippen molar-refractivity contribution in [3.8, 4) is 0 Å². The number of rotatable bonds is 28. The molecule has 0 spiro atoms. The van der Waals surface area contributed by atoms with Crippen molar-refractivity contribution in [3.63, 3.8) is 0 Å². The predicted molar refractivity (Wildman–Crippen MR) is 164 cm³/mol. The second-order valence-electron chi connectivity index (χ2n) is 11.6. The molecule has 0 saturated carbocycles. The van der Waals surface area contributed by atoms with Gasteiger partial charge in [0, 0.05) is 0 Å². The molecule has 0 bridgehead atoms. The Morgan fingerprint density at radius 3 is 1.43 bits per heavy atom. The average Bonchev–Trinajstić information content (AvgIpc) is 2.90. The van der Waals surface area contributed by atoms with Gasteiger partial charge in [0.05, 0.1) is 19.6 Å². The average molecular weight is 591 g/mol. The number of unbranched alkanes of at least 4 members (excludes halogenated alkanes) is 10. The summed E-state index contributed by atoms with van der Waals surface area (Å²) < 4.78 is 43.9. The molecular weight excluding hydrogens is 528 g/mol. The fraction of sp³-hybridized carbons (Fsp3) is 0.938. The molecule has 0 amide bonds. The second kappa shape index (κ2) is 25.6. The van der Waals surface area contributed by atoms with Crippen LogP contribution in [0.1, 0.15) is 163 Å². The van der Waals surface area contributed by atoms with Gasteiger partial charge in [-0.1, -0.05) is 143 Å². The molecule has 7 nitrogen and oxygen atoms in total. The molecule has 0 saturated heterocycles. The fourth-order valence-electron chi connectivity index (χ4n) is 5.39. The first kappa shape index (κ1) is 38.9. The summed E-state index contributed by atoms with van der Waals surface area (Å²) in [5.41, 5.74) is 0. The van der Waals surface area contributed by atoms with Gasteiger partial charge in [-0.2, -0.15) is 8.42 Å². The van der Waals surface area contributed by atoms with Gasteiger partial charge in [-0.3, -0.25) is 14.1 Å². The van der Waals surface area contributed by atoms with Crippen molar-refractivity contribution < 1.29 is 32.0 Å². The molecule has 0 radical (unpaired) electrons. The molecule has 3 unspecified atom stereocenters. The van der Waals surface area contributed by atoms with Crippen LogP contribution in [-0.2, 0) is 29.2 Å². The first-order valence-corrected chi connectivity index (χ1v) is 18.0. The van der Waals surface area contributed by atoms with E-state index in [0.717, 1.165) is 51.4 Å². The molecule has 0 aromatic rings. The summed E-state index contributed by atoms with van der Waals surface area (Å²) in [5, 5.41) is -1.95. The maximum atomic E-state index is 12.5. The summed E-state index contributed by atoms with van der Waals surface area (Å²) in [7, 11) is -4.79. The SMILES string of the molecule is CCCCCCCCC(CCC)CCOC(=O)CC(C(=O)OCCC(CCC)CCCCCCCC)S(=O)(=O)O. The Labute approximate surface area is 246 Å². The Bertz CT molecular complexity index is 723. The van der Waals surface area contributed by atoms with E-state index in [-0.39, 0.29) is 13.2 Å². The maximum Gasteiger partial charge on any atom is 0.327 e. The molecule has 8 heteroatoms. The van der Waals surface area contributed by atoms with Gasteiger partial charge in [0.1, 0.15) is 0 Å². The number of esters is 2. The lowest BCUT2D eigenvalue weighted by molar-refractivity contribution is -0.150. The highest BCUT2D eigenvalue weighted by atomic mass is 32.2. The van der Waals surface area contributed by atoms with Crippen LogP contribution >= 0.6 is 0 Å². The minimum Gasteiger partial charge on any atom is -0.466 e. The zero-order valence-electron chi connectivity index (χ0n) is 26.3. The van der Waals surface area contributed by atoms with Crippen LogP contribution < -0.4 is 0 Å². The molecular formula is C32H62O7S.